The number of rotatable bonds is 6. The second-order valence-electron chi connectivity index (χ2n) is 12.0. The molecule has 9 heterocycles. The fourth-order valence-electron chi connectivity index (χ4n) is 6.60. The molecule has 0 atom stereocenters. The zero-order chi connectivity index (χ0) is 33.7. The van der Waals surface area contributed by atoms with Gasteiger partial charge in [-0.3, -0.25) is 13.7 Å². The van der Waals surface area contributed by atoms with E-state index in [2.05, 4.69) is 24.3 Å². The van der Waals surface area contributed by atoms with E-state index in [0.29, 0.717) is 40.4 Å². The van der Waals surface area contributed by atoms with Crippen molar-refractivity contribution >= 4 is 45.5 Å². The Kier molecular flexibility index (Phi) is 6.62. The number of benzene rings is 1. The minimum absolute atomic E-state index is 0.666. The quantitative estimate of drug-likeness (QED) is 0.181. The Morgan fingerprint density at radius 1 is 0.431 bits per heavy atom. The van der Waals surface area contributed by atoms with Gasteiger partial charge in [-0.15, -0.1) is 0 Å². The number of aromatic nitrogens is 11. The molecule has 8 aromatic heterocycles. The molecule has 12 heteroatoms. The summed E-state index contributed by atoms with van der Waals surface area (Å²) in [4.78, 5) is 43.9. The molecule has 1 aliphatic rings. The molecule has 0 aliphatic carbocycles. The summed E-state index contributed by atoms with van der Waals surface area (Å²) in [6, 6.07) is 29.5. The van der Waals surface area contributed by atoms with Gasteiger partial charge in [-0.1, -0.05) is 12.1 Å². The van der Waals surface area contributed by atoms with Crippen LogP contribution in [-0.4, -0.2) is 59.8 Å². The predicted molar refractivity (Wildman–Crippen MR) is 196 cm³/mol. The summed E-state index contributed by atoms with van der Waals surface area (Å²) in [5.41, 5.74) is 6.81. The highest BCUT2D eigenvalue weighted by Crippen LogP contribution is 2.38. The summed E-state index contributed by atoms with van der Waals surface area (Å²) in [5, 5.41) is 0. The molecule has 0 radical (unpaired) electrons. The molecule has 0 N–H and O–H groups in total. The molecular weight excluding hydrogens is 637 g/mol. The molecule has 0 unspecified atom stereocenters. The van der Waals surface area contributed by atoms with Gasteiger partial charge in [0.05, 0.1) is 0 Å². The van der Waals surface area contributed by atoms with Crippen LogP contribution in [0.15, 0.2) is 133 Å². The second-order valence-corrected chi connectivity index (χ2v) is 12.0. The maximum absolute atomic E-state index is 5.16. The molecule has 0 bridgehead atoms. The summed E-state index contributed by atoms with van der Waals surface area (Å²) < 4.78 is 6.00. The first-order valence-electron chi connectivity index (χ1n) is 16.5. The fourth-order valence-corrected chi connectivity index (χ4v) is 6.60. The van der Waals surface area contributed by atoms with E-state index in [4.69, 9.17) is 44.9 Å². The number of imidazole rings is 3. The zero-order valence-corrected chi connectivity index (χ0v) is 27.0. The maximum Gasteiger partial charge on any atom is 0.166 e. The molecule has 1 aliphatic heterocycles. The Morgan fingerprint density at radius 3 is 1.31 bits per heavy atom. The van der Waals surface area contributed by atoms with Crippen LogP contribution < -0.4 is 0 Å². The van der Waals surface area contributed by atoms with E-state index < -0.39 is 0 Å². The first kappa shape index (κ1) is 28.8. The number of nitrogens with zero attached hydrogens (tertiary/aromatic N) is 12. The lowest BCUT2D eigenvalue weighted by Gasteiger charge is -2.15. The number of pyridine rings is 5. The number of allylic oxidation sites excluding steroid dienone is 1. The first-order valence-corrected chi connectivity index (χ1v) is 16.5. The summed E-state index contributed by atoms with van der Waals surface area (Å²) in [6.45, 7) is 0. The molecule has 0 amide bonds. The largest absolute Gasteiger partial charge is 0.260 e. The molecule has 9 aromatic rings. The van der Waals surface area contributed by atoms with Crippen LogP contribution in [0.1, 0.15) is 12.8 Å². The van der Waals surface area contributed by atoms with Crippen LogP contribution in [0.25, 0.3) is 85.1 Å². The van der Waals surface area contributed by atoms with Crippen molar-refractivity contribution in [3.8, 4) is 45.8 Å². The van der Waals surface area contributed by atoms with E-state index in [1.54, 1.807) is 31.0 Å². The number of hydrogen-bond acceptors (Lipinski definition) is 9. The number of aliphatic imine (C=N–C) groups is 1. The van der Waals surface area contributed by atoms with E-state index in [-0.39, 0.29) is 0 Å². The maximum atomic E-state index is 5.16. The van der Waals surface area contributed by atoms with E-state index in [1.165, 1.54) is 0 Å². The predicted octanol–water partition coefficient (Wildman–Crippen LogP) is 7.35. The van der Waals surface area contributed by atoms with Gasteiger partial charge in [0.25, 0.3) is 0 Å². The van der Waals surface area contributed by atoms with Gasteiger partial charge in [0, 0.05) is 53.9 Å². The Hall–Kier alpha value is -7.21. The highest BCUT2D eigenvalue weighted by atomic mass is 15.2. The van der Waals surface area contributed by atoms with Gasteiger partial charge >= 0.3 is 0 Å². The van der Waals surface area contributed by atoms with Gasteiger partial charge < -0.3 is 0 Å². The minimum atomic E-state index is 0.666. The third-order valence-electron chi connectivity index (χ3n) is 8.79. The van der Waals surface area contributed by atoms with Gasteiger partial charge in [-0.25, -0.2) is 44.9 Å². The molecule has 10 rings (SSSR count). The van der Waals surface area contributed by atoms with Crippen molar-refractivity contribution in [2.45, 2.75) is 12.8 Å². The summed E-state index contributed by atoms with van der Waals surface area (Å²) in [6.07, 6.45) is 14.7. The Bertz CT molecular complexity index is 2680. The Morgan fingerprint density at radius 2 is 0.882 bits per heavy atom. The normalized spacial score (nSPS) is 13.0. The van der Waals surface area contributed by atoms with E-state index in [1.807, 2.05) is 92.7 Å². The van der Waals surface area contributed by atoms with Gasteiger partial charge in [-0.05, 0) is 97.8 Å². The molecule has 0 saturated carbocycles. The van der Waals surface area contributed by atoms with Gasteiger partial charge in [0.1, 0.15) is 51.5 Å². The zero-order valence-electron chi connectivity index (χ0n) is 27.0. The van der Waals surface area contributed by atoms with Crippen molar-refractivity contribution in [1.29, 1.82) is 0 Å². The van der Waals surface area contributed by atoms with Crippen molar-refractivity contribution in [3.05, 3.63) is 128 Å². The van der Waals surface area contributed by atoms with Crippen LogP contribution in [0.4, 0.5) is 0 Å². The first-order chi connectivity index (χ1) is 25.3. The van der Waals surface area contributed by atoms with Crippen LogP contribution in [0, 0.1) is 0 Å². The second kappa shape index (κ2) is 11.7. The lowest BCUT2D eigenvalue weighted by molar-refractivity contribution is 1.01. The van der Waals surface area contributed by atoms with Crippen molar-refractivity contribution in [1.82, 2.24) is 53.6 Å². The molecule has 0 saturated heterocycles. The smallest absolute Gasteiger partial charge is 0.166 e. The lowest BCUT2D eigenvalue weighted by Crippen LogP contribution is -2.05. The topological polar surface area (TPSA) is 130 Å². The Labute approximate surface area is 290 Å². The molecule has 242 valence electrons. The monoisotopic (exact) mass is 662 g/mol. The highest BCUT2D eigenvalue weighted by Gasteiger charge is 2.24. The van der Waals surface area contributed by atoms with E-state index in [0.717, 1.165) is 57.6 Å². The lowest BCUT2D eigenvalue weighted by atomic mass is 10.0. The van der Waals surface area contributed by atoms with Crippen molar-refractivity contribution in [3.63, 3.8) is 0 Å². The third-order valence-corrected chi connectivity index (χ3v) is 8.79. The van der Waals surface area contributed by atoms with Gasteiger partial charge in [0.2, 0.25) is 0 Å². The SMILES string of the molecule is C1=NC(n2c(-c3cc(-c4nc5cccnc5n4-c4ccccn4)cc(-c4nc5cccnc5n4-c4ccccn4)c3)nc3cccnc32)=CCC1. The van der Waals surface area contributed by atoms with Gasteiger partial charge in [0.15, 0.2) is 16.9 Å². The highest BCUT2D eigenvalue weighted by molar-refractivity contribution is 5.89. The number of hydrogen-bond donors (Lipinski definition) is 0. The molecule has 0 fully saturated rings. The van der Waals surface area contributed by atoms with E-state index >= 15 is 0 Å². The summed E-state index contributed by atoms with van der Waals surface area (Å²) >= 11 is 0. The third kappa shape index (κ3) is 4.80. The van der Waals surface area contributed by atoms with E-state index in [9.17, 15) is 0 Å². The summed E-state index contributed by atoms with van der Waals surface area (Å²) in [5.74, 6) is 4.20. The minimum Gasteiger partial charge on any atom is -0.260 e. The van der Waals surface area contributed by atoms with Crippen molar-refractivity contribution in [2.75, 3.05) is 0 Å². The van der Waals surface area contributed by atoms with Gasteiger partial charge in [-0.2, -0.15) is 0 Å². The summed E-state index contributed by atoms with van der Waals surface area (Å²) in [7, 11) is 0. The molecule has 12 nitrogen and oxygen atoms in total. The molecule has 0 spiro atoms. The molecular formula is C39H26N12. The van der Waals surface area contributed by atoms with Crippen LogP contribution >= 0.6 is 0 Å². The fraction of sp³-hybridized carbons (Fsp3) is 0.0513. The molecule has 51 heavy (non-hydrogen) atoms. The van der Waals surface area contributed by atoms with Crippen LogP contribution in [0.5, 0.6) is 0 Å². The average Bonchev–Trinajstić information content (AvgIpc) is 3.91. The van der Waals surface area contributed by atoms with Crippen LogP contribution in [-0.2, 0) is 0 Å². The van der Waals surface area contributed by atoms with Crippen LogP contribution in [0.2, 0.25) is 0 Å². The number of fused-ring (bicyclic) bond motifs is 3. The Balaban J connectivity index is 1.31. The molecule has 1 aromatic carbocycles. The van der Waals surface area contributed by atoms with Crippen LogP contribution in [0.3, 0.4) is 0 Å². The standard InChI is InChI=1S/C39H26N12/c1-4-16-40-31(13-1)49-34(46-28-10-7-19-43-37(28)49)25-22-26(35-47-29-11-8-20-44-38(29)50(35)32-14-2-5-17-41-32)24-27(23-25)36-48-30-12-9-21-45-39(30)51(36)33-15-3-6-18-42-33/h1-2,4-5,7-24H,3,6H2. The average molecular weight is 663 g/mol. The van der Waals surface area contributed by atoms with Crippen molar-refractivity contribution < 1.29 is 0 Å². The van der Waals surface area contributed by atoms with Crippen molar-refractivity contribution in [2.24, 2.45) is 4.99 Å².